The summed E-state index contributed by atoms with van der Waals surface area (Å²) in [5.74, 6) is 0. The van der Waals surface area contributed by atoms with Crippen LogP contribution in [0.5, 0.6) is 0 Å². The first-order valence-electron chi connectivity index (χ1n) is 5.78. The van der Waals surface area contributed by atoms with Crippen LogP contribution in [-0.2, 0) is 13.5 Å². The predicted octanol–water partition coefficient (Wildman–Crippen LogP) is 2.96. The summed E-state index contributed by atoms with van der Waals surface area (Å²) in [6.07, 6.45) is 4.39. The van der Waals surface area contributed by atoms with Crippen LogP contribution in [0.15, 0.2) is 41.8 Å². The van der Waals surface area contributed by atoms with E-state index in [4.69, 9.17) is 0 Å². The number of rotatable bonds is 4. The van der Waals surface area contributed by atoms with E-state index >= 15 is 0 Å². The quantitative estimate of drug-likeness (QED) is 0.791. The first-order chi connectivity index (χ1) is 8.69. The number of thioether (sulfide) groups is 1. The number of hydrogen-bond acceptors (Lipinski definition) is 3. The number of nitrogens with zero attached hydrogens (tertiary/aromatic N) is 3. The molecule has 1 unspecified atom stereocenters. The van der Waals surface area contributed by atoms with Gasteiger partial charge < -0.3 is 4.57 Å². The summed E-state index contributed by atoms with van der Waals surface area (Å²) in [5, 5.41) is 10.0. The van der Waals surface area contributed by atoms with Crippen molar-refractivity contribution in [1.29, 1.82) is 5.26 Å². The Kier molecular flexibility index (Phi) is 4.06. The van der Waals surface area contributed by atoms with E-state index in [2.05, 4.69) is 42.2 Å². The largest absolute Gasteiger partial charge is 0.329 e. The minimum atomic E-state index is -0.103. The molecule has 18 heavy (non-hydrogen) atoms. The lowest BCUT2D eigenvalue weighted by Crippen LogP contribution is -2.05. The third-order valence-corrected chi connectivity index (χ3v) is 3.87. The molecule has 0 fully saturated rings. The van der Waals surface area contributed by atoms with E-state index in [9.17, 15) is 5.26 Å². The molecular formula is C14H15N3S. The third kappa shape index (κ3) is 3.14. The van der Waals surface area contributed by atoms with Crippen LogP contribution in [0.25, 0.3) is 0 Å². The number of imidazole rings is 1. The van der Waals surface area contributed by atoms with Crippen molar-refractivity contribution in [3.63, 3.8) is 0 Å². The Morgan fingerprint density at radius 2 is 2.11 bits per heavy atom. The van der Waals surface area contributed by atoms with E-state index in [-0.39, 0.29) is 5.25 Å². The Hall–Kier alpha value is -1.73. The van der Waals surface area contributed by atoms with Gasteiger partial charge >= 0.3 is 0 Å². The predicted molar refractivity (Wildman–Crippen MR) is 73.3 cm³/mol. The first-order valence-corrected chi connectivity index (χ1v) is 6.66. The Labute approximate surface area is 111 Å². The average Bonchev–Trinajstić information content (AvgIpc) is 2.77. The molecule has 3 nitrogen and oxygen atoms in total. The summed E-state index contributed by atoms with van der Waals surface area (Å²) >= 11 is 1.51. The molecule has 0 saturated heterocycles. The van der Waals surface area contributed by atoms with Gasteiger partial charge in [-0.1, -0.05) is 41.6 Å². The summed E-state index contributed by atoms with van der Waals surface area (Å²) in [7, 11) is 1.94. The highest BCUT2D eigenvalue weighted by atomic mass is 32.2. The Morgan fingerprint density at radius 1 is 1.39 bits per heavy atom. The second-order valence-corrected chi connectivity index (χ2v) is 5.42. The van der Waals surface area contributed by atoms with Crippen LogP contribution < -0.4 is 0 Å². The maximum atomic E-state index is 9.22. The van der Waals surface area contributed by atoms with Gasteiger partial charge in [-0.15, -0.1) is 0 Å². The molecule has 2 rings (SSSR count). The molecule has 0 aliphatic rings. The molecule has 0 spiro atoms. The molecule has 1 aromatic carbocycles. The molecule has 1 heterocycles. The fourth-order valence-corrected chi connectivity index (χ4v) is 2.58. The van der Waals surface area contributed by atoms with Crippen molar-refractivity contribution >= 4 is 11.8 Å². The smallest absolute Gasteiger partial charge is 0.168 e. The zero-order valence-corrected chi connectivity index (χ0v) is 11.3. The van der Waals surface area contributed by atoms with E-state index in [1.54, 1.807) is 6.20 Å². The van der Waals surface area contributed by atoms with Crippen LogP contribution in [0, 0.1) is 18.3 Å². The molecule has 0 amide bonds. The average molecular weight is 257 g/mol. The van der Waals surface area contributed by atoms with Gasteiger partial charge in [-0.2, -0.15) is 5.26 Å². The van der Waals surface area contributed by atoms with Crippen LogP contribution >= 0.6 is 11.8 Å². The van der Waals surface area contributed by atoms with Crippen molar-refractivity contribution in [1.82, 2.24) is 9.55 Å². The summed E-state index contributed by atoms with van der Waals surface area (Å²) in [4.78, 5) is 4.23. The lowest BCUT2D eigenvalue weighted by molar-refractivity contribution is 0.787. The highest BCUT2D eigenvalue weighted by Gasteiger charge is 2.13. The fraction of sp³-hybridized carbons (Fsp3) is 0.286. The van der Waals surface area contributed by atoms with Gasteiger partial charge in [0.2, 0.25) is 0 Å². The van der Waals surface area contributed by atoms with Gasteiger partial charge in [0.1, 0.15) is 5.25 Å². The van der Waals surface area contributed by atoms with Gasteiger partial charge in [0.05, 0.1) is 6.07 Å². The standard InChI is InChI=1S/C14H15N3S/c1-11-3-5-12(6-4-11)9-13(10-15)18-14-16-7-8-17(14)2/h3-8,13H,9H2,1-2H3. The molecule has 4 heteroatoms. The number of aromatic nitrogens is 2. The third-order valence-electron chi connectivity index (χ3n) is 2.71. The van der Waals surface area contributed by atoms with Gasteiger partial charge in [0, 0.05) is 19.4 Å². The maximum Gasteiger partial charge on any atom is 0.168 e. The molecule has 0 N–H and O–H groups in total. The number of benzene rings is 1. The van der Waals surface area contributed by atoms with Crippen LogP contribution in [0.1, 0.15) is 11.1 Å². The van der Waals surface area contributed by atoms with Gasteiger partial charge in [0.25, 0.3) is 0 Å². The number of hydrogen-bond donors (Lipinski definition) is 0. The topological polar surface area (TPSA) is 41.6 Å². The summed E-state index contributed by atoms with van der Waals surface area (Å²) in [5.41, 5.74) is 2.43. The minimum Gasteiger partial charge on any atom is -0.329 e. The summed E-state index contributed by atoms with van der Waals surface area (Å²) in [6, 6.07) is 10.7. The second-order valence-electron chi connectivity index (χ2n) is 4.25. The van der Waals surface area contributed by atoms with Crippen molar-refractivity contribution < 1.29 is 0 Å². The monoisotopic (exact) mass is 257 g/mol. The van der Waals surface area contributed by atoms with Gasteiger partial charge in [-0.05, 0) is 18.9 Å². The summed E-state index contributed by atoms with van der Waals surface area (Å²) < 4.78 is 1.93. The number of nitriles is 1. The maximum absolute atomic E-state index is 9.22. The molecule has 1 atom stereocenters. The second kappa shape index (κ2) is 5.74. The van der Waals surface area contributed by atoms with Crippen LogP contribution in [0.3, 0.4) is 0 Å². The zero-order chi connectivity index (χ0) is 13.0. The van der Waals surface area contributed by atoms with E-state index in [1.807, 2.05) is 17.8 Å². The lowest BCUT2D eigenvalue weighted by Gasteiger charge is -2.08. The van der Waals surface area contributed by atoms with E-state index in [0.717, 1.165) is 11.6 Å². The highest BCUT2D eigenvalue weighted by molar-refractivity contribution is 8.00. The summed E-state index contributed by atoms with van der Waals surface area (Å²) in [6.45, 7) is 2.06. The Balaban J connectivity index is 2.04. The lowest BCUT2D eigenvalue weighted by atomic mass is 10.1. The van der Waals surface area contributed by atoms with Crippen molar-refractivity contribution in [3.05, 3.63) is 47.8 Å². The Bertz CT molecular complexity index is 551. The van der Waals surface area contributed by atoms with Gasteiger partial charge in [-0.25, -0.2) is 4.98 Å². The molecular weight excluding hydrogens is 242 g/mol. The minimum absolute atomic E-state index is 0.103. The van der Waals surface area contributed by atoms with Crippen LogP contribution in [0.2, 0.25) is 0 Å². The molecule has 1 aromatic heterocycles. The van der Waals surface area contributed by atoms with Crippen molar-refractivity contribution in [2.45, 2.75) is 23.8 Å². The fourth-order valence-electron chi connectivity index (χ4n) is 1.64. The molecule has 0 aliphatic heterocycles. The molecule has 0 saturated carbocycles. The molecule has 0 radical (unpaired) electrons. The SMILES string of the molecule is Cc1ccc(CC(C#N)Sc2nccn2C)cc1. The van der Waals surface area contributed by atoms with Gasteiger partial charge in [-0.3, -0.25) is 0 Å². The van der Waals surface area contributed by atoms with Crippen LogP contribution in [-0.4, -0.2) is 14.8 Å². The van der Waals surface area contributed by atoms with E-state index in [1.165, 1.54) is 22.9 Å². The van der Waals surface area contributed by atoms with E-state index < -0.39 is 0 Å². The molecule has 92 valence electrons. The van der Waals surface area contributed by atoms with Gasteiger partial charge in [0.15, 0.2) is 5.16 Å². The van der Waals surface area contributed by atoms with Crippen LogP contribution in [0.4, 0.5) is 0 Å². The molecule has 2 aromatic rings. The van der Waals surface area contributed by atoms with Crippen molar-refractivity contribution in [2.75, 3.05) is 0 Å². The Morgan fingerprint density at radius 3 is 2.67 bits per heavy atom. The van der Waals surface area contributed by atoms with Crippen molar-refractivity contribution in [2.24, 2.45) is 7.05 Å². The molecule has 0 bridgehead atoms. The first kappa shape index (κ1) is 12.7. The highest BCUT2D eigenvalue weighted by Crippen LogP contribution is 2.23. The normalized spacial score (nSPS) is 12.1. The van der Waals surface area contributed by atoms with E-state index in [0.29, 0.717) is 0 Å². The van der Waals surface area contributed by atoms with Crippen molar-refractivity contribution in [3.8, 4) is 6.07 Å². The zero-order valence-electron chi connectivity index (χ0n) is 10.5. The number of aryl methyl sites for hydroxylation is 2. The molecule has 0 aliphatic carbocycles.